The van der Waals surface area contributed by atoms with Gasteiger partial charge in [0, 0.05) is 16.9 Å². The standard InChI is InChI=1S/C15H18N2O3S/c1-11-8-14(20-17-11)9-21(19)10-15(18)16-12(2)13-6-4-3-5-7-13/h3-8,12H,9-10H2,1-2H3,(H,16,18). The molecule has 2 unspecified atom stereocenters. The van der Waals surface area contributed by atoms with E-state index in [1.165, 1.54) is 0 Å². The Bertz CT molecular complexity index is 625. The number of benzene rings is 1. The van der Waals surface area contributed by atoms with E-state index in [-0.39, 0.29) is 23.5 Å². The van der Waals surface area contributed by atoms with Gasteiger partial charge in [0.05, 0.1) is 17.5 Å². The van der Waals surface area contributed by atoms with Gasteiger partial charge in [-0.15, -0.1) is 0 Å². The molecule has 1 heterocycles. The third-order valence-corrected chi connectivity index (χ3v) is 4.14. The van der Waals surface area contributed by atoms with Crippen LogP contribution in [0.2, 0.25) is 0 Å². The summed E-state index contributed by atoms with van der Waals surface area (Å²) in [4.78, 5) is 11.9. The fraction of sp³-hybridized carbons (Fsp3) is 0.333. The Morgan fingerprint density at radius 3 is 2.71 bits per heavy atom. The maximum atomic E-state index is 11.9. The van der Waals surface area contributed by atoms with Gasteiger partial charge >= 0.3 is 0 Å². The Kier molecular flexibility index (Phi) is 5.27. The summed E-state index contributed by atoms with van der Waals surface area (Å²) in [5.74, 6) is 0.459. The lowest BCUT2D eigenvalue weighted by Crippen LogP contribution is -2.31. The van der Waals surface area contributed by atoms with E-state index in [9.17, 15) is 9.00 Å². The first-order valence-electron chi connectivity index (χ1n) is 6.66. The molecule has 0 aliphatic carbocycles. The predicted octanol–water partition coefficient (Wildman–Crippen LogP) is 2.11. The van der Waals surface area contributed by atoms with E-state index in [2.05, 4.69) is 10.5 Å². The van der Waals surface area contributed by atoms with E-state index < -0.39 is 10.8 Å². The molecule has 112 valence electrons. The molecule has 6 heteroatoms. The van der Waals surface area contributed by atoms with E-state index >= 15 is 0 Å². The van der Waals surface area contributed by atoms with Crippen LogP contribution in [0.5, 0.6) is 0 Å². The smallest absolute Gasteiger partial charge is 0.233 e. The van der Waals surface area contributed by atoms with Crippen molar-refractivity contribution in [2.45, 2.75) is 25.6 Å². The lowest BCUT2D eigenvalue weighted by molar-refractivity contribution is -0.119. The molecule has 2 aromatic rings. The van der Waals surface area contributed by atoms with Gasteiger partial charge in [-0.3, -0.25) is 9.00 Å². The highest BCUT2D eigenvalue weighted by Gasteiger charge is 2.14. The van der Waals surface area contributed by atoms with Gasteiger partial charge in [-0.25, -0.2) is 0 Å². The molecule has 2 rings (SSSR count). The summed E-state index contributed by atoms with van der Waals surface area (Å²) in [5.41, 5.74) is 1.76. The molecular weight excluding hydrogens is 288 g/mol. The first kappa shape index (κ1) is 15.4. The third kappa shape index (κ3) is 4.82. The average molecular weight is 306 g/mol. The molecule has 21 heavy (non-hydrogen) atoms. The number of hydrogen-bond acceptors (Lipinski definition) is 4. The average Bonchev–Trinajstić information content (AvgIpc) is 2.84. The van der Waals surface area contributed by atoms with Crippen molar-refractivity contribution in [3.05, 3.63) is 53.4 Å². The molecule has 0 saturated carbocycles. The number of rotatable bonds is 6. The van der Waals surface area contributed by atoms with Crippen molar-refractivity contribution in [1.29, 1.82) is 0 Å². The summed E-state index contributed by atoms with van der Waals surface area (Å²) >= 11 is 0. The molecule has 5 nitrogen and oxygen atoms in total. The first-order chi connectivity index (χ1) is 10.0. The number of nitrogens with zero attached hydrogens (tertiary/aromatic N) is 1. The zero-order chi connectivity index (χ0) is 15.2. The maximum Gasteiger partial charge on any atom is 0.233 e. The second kappa shape index (κ2) is 7.17. The van der Waals surface area contributed by atoms with Gasteiger partial charge in [0.25, 0.3) is 0 Å². The number of carbonyl (C=O) groups is 1. The minimum Gasteiger partial charge on any atom is -0.360 e. The lowest BCUT2D eigenvalue weighted by Gasteiger charge is -2.13. The summed E-state index contributed by atoms with van der Waals surface area (Å²) in [5, 5.41) is 6.57. The second-order valence-electron chi connectivity index (χ2n) is 4.86. The lowest BCUT2D eigenvalue weighted by atomic mass is 10.1. The van der Waals surface area contributed by atoms with Crippen LogP contribution in [0.25, 0.3) is 0 Å². The molecule has 0 aliphatic heterocycles. The van der Waals surface area contributed by atoms with Gasteiger partial charge in [0.2, 0.25) is 5.91 Å². The van der Waals surface area contributed by atoms with Crippen molar-refractivity contribution in [3.63, 3.8) is 0 Å². The molecule has 2 atom stereocenters. The second-order valence-corrected chi connectivity index (χ2v) is 6.32. The van der Waals surface area contributed by atoms with Gasteiger partial charge in [-0.2, -0.15) is 0 Å². The first-order valence-corrected chi connectivity index (χ1v) is 8.15. The van der Waals surface area contributed by atoms with Crippen LogP contribution in [0.3, 0.4) is 0 Å². The van der Waals surface area contributed by atoms with Crippen LogP contribution in [0.4, 0.5) is 0 Å². The Labute approximate surface area is 126 Å². The van der Waals surface area contributed by atoms with E-state index in [1.54, 1.807) is 13.0 Å². The molecule has 1 N–H and O–H groups in total. The fourth-order valence-corrected chi connectivity index (χ4v) is 2.88. The van der Waals surface area contributed by atoms with Crippen molar-refractivity contribution in [2.75, 3.05) is 5.75 Å². The Morgan fingerprint density at radius 2 is 2.10 bits per heavy atom. The molecule has 0 spiro atoms. The van der Waals surface area contributed by atoms with Crippen LogP contribution in [-0.2, 0) is 21.3 Å². The summed E-state index contributed by atoms with van der Waals surface area (Å²) in [7, 11) is -1.31. The molecular formula is C15H18N2O3S. The van der Waals surface area contributed by atoms with Crippen molar-refractivity contribution in [2.24, 2.45) is 0 Å². The molecule has 0 radical (unpaired) electrons. The van der Waals surface area contributed by atoms with E-state index in [4.69, 9.17) is 4.52 Å². The number of amides is 1. The van der Waals surface area contributed by atoms with Gasteiger partial charge in [-0.05, 0) is 19.4 Å². The van der Waals surface area contributed by atoms with Crippen LogP contribution in [0, 0.1) is 6.92 Å². The van der Waals surface area contributed by atoms with E-state index in [0.29, 0.717) is 5.76 Å². The zero-order valence-corrected chi connectivity index (χ0v) is 12.9. The highest BCUT2D eigenvalue weighted by molar-refractivity contribution is 7.84. The van der Waals surface area contributed by atoms with Crippen LogP contribution in [-0.4, -0.2) is 21.0 Å². The third-order valence-electron chi connectivity index (χ3n) is 2.95. The quantitative estimate of drug-likeness (QED) is 0.887. The van der Waals surface area contributed by atoms with Crippen molar-refractivity contribution < 1.29 is 13.5 Å². The maximum absolute atomic E-state index is 11.9. The molecule has 1 amide bonds. The Hall–Kier alpha value is -1.95. The van der Waals surface area contributed by atoms with Crippen molar-refractivity contribution in [1.82, 2.24) is 10.5 Å². The van der Waals surface area contributed by atoms with E-state index in [1.807, 2.05) is 37.3 Å². The minimum atomic E-state index is -1.31. The SMILES string of the molecule is Cc1cc(CS(=O)CC(=O)NC(C)c2ccccc2)on1. The normalized spacial score (nSPS) is 13.6. The minimum absolute atomic E-state index is 0.0447. The molecule has 0 bridgehead atoms. The van der Waals surface area contributed by atoms with Crippen LogP contribution in [0.15, 0.2) is 40.9 Å². The number of aryl methyl sites for hydroxylation is 1. The number of aromatic nitrogens is 1. The van der Waals surface area contributed by atoms with Crippen molar-refractivity contribution in [3.8, 4) is 0 Å². The summed E-state index contributed by atoms with van der Waals surface area (Å²) < 4.78 is 16.9. The Morgan fingerprint density at radius 1 is 1.38 bits per heavy atom. The topological polar surface area (TPSA) is 72.2 Å². The van der Waals surface area contributed by atoms with Gasteiger partial charge in [0.1, 0.15) is 11.5 Å². The van der Waals surface area contributed by atoms with Crippen LogP contribution >= 0.6 is 0 Å². The highest BCUT2D eigenvalue weighted by Crippen LogP contribution is 2.11. The van der Waals surface area contributed by atoms with Crippen molar-refractivity contribution >= 4 is 16.7 Å². The fourth-order valence-electron chi connectivity index (χ4n) is 1.95. The summed E-state index contributed by atoms with van der Waals surface area (Å²) in [6.45, 7) is 3.69. The van der Waals surface area contributed by atoms with Gasteiger partial charge < -0.3 is 9.84 Å². The largest absolute Gasteiger partial charge is 0.360 e. The Balaban J connectivity index is 1.82. The van der Waals surface area contributed by atoms with Gasteiger partial charge in [-0.1, -0.05) is 35.5 Å². The van der Waals surface area contributed by atoms with Crippen LogP contribution < -0.4 is 5.32 Å². The van der Waals surface area contributed by atoms with E-state index in [0.717, 1.165) is 11.3 Å². The van der Waals surface area contributed by atoms with Gasteiger partial charge in [0.15, 0.2) is 0 Å². The zero-order valence-electron chi connectivity index (χ0n) is 12.0. The molecule has 0 aliphatic rings. The summed E-state index contributed by atoms with van der Waals surface area (Å²) in [6, 6.07) is 11.3. The number of carbonyl (C=O) groups excluding carboxylic acids is 1. The molecule has 1 aromatic carbocycles. The number of nitrogens with one attached hydrogen (secondary N) is 1. The molecule has 0 fully saturated rings. The van der Waals surface area contributed by atoms with Crippen LogP contribution in [0.1, 0.15) is 30.0 Å². The molecule has 1 aromatic heterocycles. The monoisotopic (exact) mass is 306 g/mol. The highest BCUT2D eigenvalue weighted by atomic mass is 32.2. The molecule has 0 saturated heterocycles. The predicted molar refractivity (Wildman–Crippen MR) is 81.0 cm³/mol. The number of hydrogen-bond donors (Lipinski definition) is 1. The summed E-state index contributed by atoms with van der Waals surface area (Å²) in [6.07, 6.45) is 0.